The molecule has 0 spiro atoms. The van der Waals surface area contributed by atoms with Gasteiger partial charge in [0, 0.05) is 70.2 Å². The lowest BCUT2D eigenvalue weighted by molar-refractivity contribution is -0.0194. The van der Waals surface area contributed by atoms with Gasteiger partial charge in [-0.15, -0.1) is 0 Å². The fourth-order valence-corrected chi connectivity index (χ4v) is 6.57. The Morgan fingerprint density at radius 3 is 2.56 bits per heavy atom. The molecule has 1 saturated heterocycles. The molecule has 0 bridgehead atoms. The minimum atomic E-state index is -0.641. The molecule has 1 aliphatic heterocycles. The number of aromatic nitrogens is 2. The van der Waals surface area contributed by atoms with Crippen molar-refractivity contribution >= 4 is 44.1 Å². The smallest absolute Gasteiger partial charge is 0.0702 e. The quantitative estimate of drug-likeness (QED) is 0.190. The molecule has 0 atom stereocenters. The molecule has 43 heavy (non-hydrogen) atoms. The molecule has 4 aromatic carbocycles. The van der Waals surface area contributed by atoms with E-state index in [1.54, 1.807) is 0 Å². The molecule has 6 heteroatoms. The van der Waals surface area contributed by atoms with Crippen LogP contribution in [0.2, 0.25) is 0 Å². The number of nitrogens with two attached hydrogens (primary N) is 1. The van der Waals surface area contributed by atoms with Gasteiger partial charge >= 0.3 is 0 Å². The monoisotopic (exact) mass is 567 g/mol. The summed E-state index contributed by atoms with van der Waals surface area (Å²) in [5, 5.41) is 18.3. The predicted molar refractivity (Wildman–Crippen MR) is 180 cm³/mol. The van der Waals surface area contributed by atoms with Gasteiger partial charge in [0.25, 0.3) is 0 Å². The number of likely N-dealkylation sites (tertiary alicyclic amines) is 1. The molecule has 3 heterocycles. The van der Waals surface area contributed by atoms with Crippen molar-refractivity contribution in [2.24, 2.45) is 5.73 Å². The van der Waals surface area contributed by atoms with Crippen molar-refractivity contribution < 1.29 is 5.11 Å². The van der Waals surface area contributed by atoms with Crippen LogP contribution in [0, 0.1) is 0 Å². The number of rotatable bonds is 7. The van der Waals surface area contributed by atoms with Gasteiger partial charge < -0.3 is 25.6 Å². The average Bonchev–Trinajstić information content (AvgIpc) is 3.37. The third-order valence-electron chi connectivity index (χ3n) is 9.03. The normalized spacial score (nSPS) is 15.3. The zero-order valence-corrected chi connectivity index (χ0v) is 24.6. The molecule has 1 fully saturated rings. The van der Waals surface area contributed by atoms with Gasteiger partial charge in [-0.05, 0) is 74.3 Å². The first-order valence-electron chi connectivity index (χ1n) is 15.0. The topological polar surface area (TPSA) is 79.3 Å². The number of nitrogens with one attached hydrogen (secondary N) is 1. The second kappa shape index (κ2) is 10.9. The molecule has 0 aliphatic carbocycles. The number of anilines is 1. The summed E-state index contributed by atoms with van der Waals surface area (Å²) in [4.78, 5) is 7.04. The summed E-state index contributed by atoms with van der Waals surface area (Å²) >= 11 is 0. The van der Waals surface area contributed by atoms with Crippen LogP contribution in [0.15, 0.2) is 104 Å². The Bertz CT molecular complexity index is 1980. The summed E-state index contributed by atoms with van der Waals surface area (Å²) < 4.78 is 2.32. The van der Waals surface area contributed by atoms with E-state index in [9.17, 15) is 5.11 Å². The highest BCUT2D eigenvalue weighted by atomic mass is 16.3. The van der Waals surface area contributed by atoms with Gasteiger partial charge in [-0.1, -0.05) is 55.1 Å². The van der Waals surface area contributed by atoms with E-state index in [4.69, 9.17) is 10.7 Å². The predicted octanol–water partition coefficient (Wildman–Crippen LogP) is 7.19. The zero-order chi connectivity index (χ0) is 29.6. The third-order valence-corrected chi connectivity index (χ3v) is 9.03. The van der Waals surface area contributed by atoms with Gasteiger partial charge in [0.1, 0.15) is 0 Å². The Balaban J connectivity index is 1.32. The fourth-order valence-electron chi connectivity index (χ4n) is 6.57. The minimum absolute atomic E-state index is 0.514. The summed E-state index contributed by atoms with van der Waals surface area (Å²) in [7, 11) is 2.11. The lowest BCUT2D eigenvalue weighted by Crippen LogP contribution is -2.43. The molecular formula is C37H37N5O. The van der Waals surface area contributed by atoms with E-state index in [0.717, 1.165) is 75.9 Å². The van der Waals surface area contributed by atoms with Gasteiger partial charge in [0.15, 0.2) is 0 Å². The van der Waals surface area contributed by atoms with Gasteiger partial charge in [-0.2, -0.15) is 0 Å². The molecule has 2 aromatic heterocycles. The Hall–Kier alpha value is -4.65. The van der Waals surface area contributed by atoms with Crippen molar-refractivity contribution in [2.45, 2.75) is 24.9 Å². The average molecular weight is 568 g/mol. The van der Waals surface area contributed by atoms with Crippen molar-refractivity contribution in [3.05, 3.63) is 109 Å². The van der Waals surface area contributed by atoms with Crippen LogP contribution in [0.1, 0.15) is 24.8 Å². The number of pyridine rings is 1. The Labute approximate surface area is 252 Å². The van der Waals surface area contributed by atoms with Crippen LogP contribution < -0.4 is 11.1 Å². The van der Waals surface area contributed by atoms with Gasteiger partial charge in [0.05, 0.1) is 22.2 Å². The summed E-state index contributed by atoms with van der Waals surface area (Å²) in [6.45, 7) is 6.52. The number of nitrogens with zero attached hydrogens (tertiary/aromatic N) is 3. The molecule has 6 nitrogen and oxygen atoms in total. The number of piperidine rings is 1. The second-order valence-electron chi connectivity index (χ2n) is 11.9. The zero-order valence-electron chi connectivity index (χ0n) is 24.6. The van der Waals surface area contributed by atoms with E-state index in [2.05, 4.69) is 101 Å². The van der Waals surface area contributed by atoms with Crippen molar-refractivity contribution in [3.63, 3.8) is 0 Å². The first-order valence-corrected chi connectivity index (χ1v) is 15.0. The Morgan fingerprint density at radius 2 is 1.72 bits per heavy atom. The second-order valence-corrected chi connectivity index (χ2v) is 11.9. The van der Waals surface area contributed by atoms with Crippen LogP contribution in [-0.4, -0.2) is 51.8 Å². The number of hydrogen-bond acceptors (Lipinski definition) is 5. The van der Waals surface area contributed by atoms with Crippen LogP contribution in [0.3, 0.4) is 0 Å². The lowest BCUT2D eigenvalue weighted by Gasteiger charge is -2.36. The van der Waals surface area contributed by atoms with Gasteiger partial charge in [0.2, 0.25) is 0 Å². The maximum absolute atomic E-state index is 11.1. The van der Waals surface area contributed by atoms with Crippen LogP contribution >= 0.6 is 0 Å². The van der Waals surface area contributed by atoms with Crippen molar-refractivity contribution in [3.8, 4) is 16.8 Å². The number of aliphatic hydroxyl groups is 1. The molecule has 0 unspecified atom stereocenters. The maximum atomic E-state index is 11.1. The number of para-hydroxylation sites is 2. The van der Waals surface area contributed by atoms with Gasteiger partial charge in [-0.3, -0.25) is 4.98 Å². The maximum Gasteiger partial charge on any atom is 0.0702 e. The largest absolute Gasteiger partial charge is 0.399 e. The van der Waals surface area contributed by atoms with E-state index < -0.39 is 5.60 Å². The Kier molecular flexibility index (Phi) is 6.88. The minimum Gasteiger partial charge on any atom is -0.399 e. The highest BCUT2D eigenvalue weighted by molar-refractivity contribution is 6.16. The first-order chi connectivity index (χ1) is 20.9. The molecular weight excluding hydrogens is 530 g/mol. The molecule has 0 saturated carbocycles. The van der Waals surface area contributed by atoms with E-state index in [1.807, 2.05) is 24.4 Å². The summed E-state index contributed by atoms with van der Waals surface area (Å²) in [6, 6.07) is 31.8. The van der Waals surface area contributed by atoms with E-state index in [-0.39, 0.29) is 0 Å². The van der Waals surface area contributed by atoms with Crippen molar-refractivity contribution in [1.29, 1.82) is 0 Å². The molecule has 0 amide bonds. The summed E-state index contributed by atoms with van der Waals surface area (Å²) in [6.07, 6.45) is 4.24. The summed E-state index contributed by atoms with van der Waals surface area (Å²) in [5.41, 5.74) is 14.4. The van der Waals surface area contributed by atoms with Crippen LogP contribution in [-0.2, 0) is 0 Å². The SMILES string of the molecule is C=C(N)c1ccc(-n2c3ccccc3c3c(-c4cnc5ccccc5c4)cccc32)cc1NCCC1(O)CCN(C)CC1. The van der Waals surface area contributed by atoms with Crippen LogP contribution in [0.25, 0.3) is 55.2 Å². The fraction of sp³-hybridized carbons (Fsp3) is 0.216. The van der Waals surface area contributed by atoms with E-state index in [0.29, 0.717) is 18.7 Å². The Morgan fingerprint density at radius 1 is 0.953 bits per heavy atom. The third kappa shape index (κ3) is 5.03. The number of benzene rings is 4. The number of fused-ring (bicyclic) bond motifs is 4. The highest BCUT2D eigenvalue weighted by Gasteiger charge is 2.30. The molecule has 1 aliphatic rings. The first kappa shape index (κ1) is 27.2. The molecule has 4 N–H and O–H groups in total. The summed E-state index contributed by atoms with van der Waals surface area (Å²) in [5.74, 6) is 0. The molecule has 216 valence electrons. The standard InChI is InChI=1S/C37H37N5O/c1-25(38)29-15-14-28(23-33(29)39-19-16-37(43)17-20-41(2)21-18-37)42-34-12-6-4-9-31(34)36-30(10-7-13-35(36)42)27-22-26-8-3-5-11-32(26)40-24-27/h3-15,22-24,39,43H,1,16-21,38H2,2H3. The van der Waals surface area contributed by atoms with Crippen molar-refractivity contribution in [1.82, 2.24) is 14.5 Å². The van der Waals surface area contributed by atoms with E-state index >= 15 is 0 Å². The highest BCUT2D eigenvalue weighted by Crippen LogP contribution is 2.39. The molecule has 7 rings (SSSR count). The lowest BCUT2D eigenvalue weighted by atomic mass is 9.88. The number of hydrogen-bond donors (Lipinski definition) is 3. The van der Waals surface area contributed by atoms with Crippen LogP contribution in [0.5, 0.6) is 0 Å². The van der Waals surface area contributed by atoms with Gasteiger partial charge in [-0.25, -0.2) is 0 Å². The van der Waals surface area contributed by atoms with Crippen molar-refractivity contribution in [2.75, 3.05) is 32.0 Å². The van der Waals surface area contributed by atoms with E-state index in [1.165, 1.54) is 10.8 Å². The molecule has 0 radical (unpaired) electrons. The van der Waals surface area contributed by atoms with Crippen LogP contribution in [0.4, 0.5) is 5.69 Å². The molecule has 6 aromatic rings.